The van der Waals surface area contributed by atoms with Crippen molar-refractivity contribution in [3.8, 4) is 5.75 Å². The zero-order chi connectivity index (χ0) is 22.9. The van der Waals surface area contributed by atoms with Crippen molar-refractivity contribution in [2.45, 2.75) is 51.4 Å². The third-order valence-electron chi connectivity index (χ3n) is 7.84. The Morgan fingerprint density at radius 2 is 1.88 bits per heavy atom. The molecule has 0 aromatic heterocycles. The first kappa shape index (κ1) is 25.7. The van der Waals surface area contributed by atoms with Crippen molar-refractivity contribution < 1.29 is 49.9 Å². The van der Waals surface area contributed by atoms with Crippen molar-refractivity contribution in [3.05, 3.63) is 29.3 Å². The molecule has 8 nitrogen and oxygen atoms in total. The number of phenolic OH excluding ortho intramolecular Hbond substituents is 1. The van der Waals surface area contributed by atoms with Crippen LogP contribution in [0.25, 0.3) is 0 Å². The van der Waals surface area contributed by atoms with Gasteiger partial charge in [-0.1, -0.05) is 18.1 Å². The second-order valence-electron chi connectivity index (χ2n) is 9.66. The Hall–Kier alpha value is -1.96. The number of carboxylic acid groups (broad SMARTS) is 2. The Morgan fingerprint density at radius 3 is 2.58 bits per heavy atom. The Bertz CT molecular complexity index is 906. The Labute approximate surface area is 207 Å². The summed E-state index contributed by atoms with van der Waals surface area (Å²) >= 11 is 0. The fourth-order valence-corrected chi connectivity index (χ4v) is 6.40. The molecular weight excluding hydrogens is 510 g/mol. The van der Waals surface area contributed by atoms with E-state index in [1.807, 2.05) is 12.1 Å². The Kier molecular flexibility index (Phi) is 8.19. The molecule has 2 saturated carbocycles. The number of aryl methyl sites for hydroxylation is 1. The predicted octanol–water partition coefficient (Wildman–Crippen LogP) is 3.09. The Morgan fingerprint density at radius 1 is 1.15 bits per heavy atom. The predicted molar refractivity (Wildman–Crippen MR) is 118 cm³/mol. The molecule has 3 aliphatic rings. The summed E-state index contributed by atoms with van der Waals surface area (Å²) in [5.41, 5.74) is 3.79. The van der Waals surface area contributed by atoms with Crippen LogP contribution in [-0.2, 0) is 41.0 Å². The number of carboxylic acids is 2. The molecule has 0 heterocycles. The average Bonchev–Trinajstić information content (AvgIpc) is 3.06. The van der Waals surface area contributed by atoms with Gasteiger partial charge in [0, 0.05) is 32.1 Å². The van der Waals surface area contributed by atoms with E-state index in [1.54, 1.807) is 0 Å². The maximum atomic E-state index is 10.9. The number of hydrogen-bond acceptors (Lipinski definition) is 6. The maximum Gasteiger partial charge on any atom is 0.317 e. The van der Waals surface area contributed by atoms with Gasteiger partial charge in [0.1, 0.15) is 12.4 Å². The number of nitrogens with zero attached hydrogens (tertiary/aromatic N) is 2. The first-order valence-electron chi connectivity index (χ1n) is 11.4. The first-order valence-corrected chi connectivity index (χ1v) is 11.4. The van der Waals surface area contributed by atoms with E-state index in [2.05, 4.69) is 18.1 Å². The molecule has 4 atom stereocenters. The van der Waals surface area contributed by atoms with Gasteiger partial charge in [-0.3, -0.25) is 14.5 Å². The molecule has 0 spiro atoms. The summed E-state index contributed by atoms with van der Waals surface area (Å²) in [6.45, 7) is 1.98. The van der Waals surface area contributed by atoms with E-state index in [-0.39, 0.29) is 51.8 Å². The minimum Gasteiger partial charge on any atom is -0.508 e. The van der Waals surface area contributed by atoms with Gasteiger partial charge in [0.25, 0.3) is 0 Å². The van der Waals surface area contributed by atoms with Gasteiger partial charge in [-0.25, -0.2) is 0 Å². The summed E-state index contributed by atoms with van der Waals surface area (Å²) in [6.07, 6.45) is 6.28. The molecular formula is C24H32N2O6Tc. The summed E-state index contributed by atoms with van der Waals surface area (Å²) in [6, 6.07) is 5.84. The summed E-state index contributed by atoms with van der Waals surface area (Å²) in [5, 5.41) is 32.2. The zero-order valence-electron chi connectivity index (χ0n) is 18.9. The number of hydrogen-bond donors (Lipinski definition) is 3. The zero-order valence-corrected chi connectivity index (χ0v) is 20.7. The van der Waals surface area contributed by atoms with Crippen LogP contribution in [0.1, 0.15) is 56.1 Å². The topological polar surface area (TPSA) is 120 Å². The average molecular weight is 543 g/mol. The number of benzene rings is 1. The van der Waals surface area contributed by atoms with E-state index in [0.29, 0.717) is 23.5 Å². The van der Waals surface area contributed by atoms with Crippen molar-refractivity contribution >= 4 is 17.7 Å². The van der Waals surface area contributed by atoms with E-state index < -0.39 is 11.9 Å². The summed E-state index contributed by atoms with van der Waals surface area (Å²) in [7, 11) is 0. The fraction of sp³-hybridized carbons (Fsp3) is 0.625. The minimum atomic E-state index is -1.07. The standard InChI is InChI=1S/C24H32N2O6.Tc/c1-24-9-8-18-17-5-3-16(27)12-15(17)2-4-19(18)20(24)6-7-21(24)25-32-11-10-26(13-22(28)29)14-23(30)31;/h3,5,12,18-20,27H,2,4,6-11,13-14H2,1H3,(H,28,29)(H,30,31);/b25-21+;/t18-,19-,20+,24+;/m1./s1. The molecule has 1 aromatic rings. The van der Waals surface area contributed by atoms with Crippen molar-refractivity contribution in [2.24, 2.45) is 22.4 Å². The van der Waals surface area contributed by atoms with E-state index >= 15 is 0 Å². The molecule has 0 unspecified atom stereocenters. The molecule has 0 bridgehead atoms. The van der Waals surface area contributed by atoms with Gasteiger partial charge in [-0.2, -0.15) is 0 Å². The molecule has 3 N–H and O–H groups in total. The SMILES string of the molecule is C[C@]12CC[C@@H]3c4ccc(O)cc4CC[C@H]3[C@@H]1CC/C2=N\OCCN(CC(=O)O)CC(=O)O.[Tc]. The maximum absolute atomic E-state index is 10.9. The molecule has 1 radical (unpaired) electrons. The molecule has 2 fully saturated rings. The van der Waals surface area contributed by atoms with Gasteiger partial charge in [-0.05, 0) is 79.5 Å². The smallest absolute Gasteiger partial charge is 0.317 e. The number of oxime groups is 1. The largest absolute Gasteiger partial charge is 0.508 e. The van der Waals surface area contributed by atoms with Crippen molar-refractivity contribution in [3.63, 3.8) is 0 Å². The van der Waals surface area contributed by atoms with Gasteiger partial charge < -0.3 is 20.2 Å². The second-order valence-corrected chi connectivity index (χ2v) is 9.66. The van der Waals surface area contributed by atoms with Crippen LogP contribution < -0.4 is 0 Å². The fourth-order valence-electron chi connectivity index (χ4n) is 6.40. The molecule has 9 heteroatoms. The van der Waals surface area contributed by atoms with Gasteiger partial charge in [0.15, 0.2) is 0 Å². The molecule has 4 rings (SSSR count). The van der Waals surface area contributed by atoms with Crippen LogP contribution in [-0.4, -0.2) is 64.1 Å². The summed E-state index contributed by atoms with van der Waals surface area (Å²) in [5.74, 6) is -0.0745. The minimum absolute atomic E-state index is 0. The molecule has 3 aliphatic carbocycles. The monoisotopic (exact) mass is 541 g/mol. The summed E-state index contributed by atoms with van der Waals surface area (Å²) in [4.78, 5) is 28.7. The van der Waals surface area contributed by atoms with Crippen LogP contribution in [0.2, 0.25) is 0 Å². The van der Waals surface area contributed by atoms with Gasteiger partial charge in [0.05, 0.1) is 18.8 Å². The Balaban J connectivity index is 0.00000306. The number of aromatic hydroxyl groups is 1. The number of rotatable bonds is 8. The van der Waals surface area contributed by atoms with Crippen molar-refractivity contribution in [2.75, 3.05) is 26.2 Å². The third kappa shape index (κ3) is 5.42. The molecule has 1 aromatic carbocycles. The van der Waals surface area contributed by atoms with Crippen LogP contribution in [0, 0.1) is 17.3 Å². The van der Waals surface area contributed by atoms with Crippen molar-refractivity contribution in [1.82, 2.24) is 4.90 Å². The van der Waals surface area contributed by atoms with Gasteiger partial charge in [0.2, 0.25) is 0 Å². The second kappa shape index (κ2) is 10.5. The number of aliphatic carboxylic acids is 2. The molecule has 0 saturated heterocycles. The van der Waals surface area contributed by atoms with E-state index in [0.717, 1.165) is 44.2 Å². The molecule has 0 aliphatic heterocycles. The van der Waals surface area contributed by atoms with E-state index in [9.17, 15) is 14.7 Å². The third-order valence-corrected chi connectivity index (χ3v) is 7.84. The van der Waals surface area contributed by atoms with Crippen LogP contribution in [0.3, 0.4) is 0 Å². The van der Waals surface area contributed by atoms with Crippen LogP contribution in [0.15, 0.2) is 23.4 Å². The first-order chi connectivity index (χ1) is 15.3. The van der Waals surface area contributed by atoms with Crippen molar-refractivity contribution in [1.29, 1.82) is 0 Å². The quantitative estimate of drug-likeness (QED) is 0.341. The van der Waals surface area contributed by atoms with E-state index in [4.69, 9.17) is 15.1 Å². The molecule has 181 valence electrons. The molecule has 0 amide bonds. The number of carbonyl (C=O) groups is 2. The van der Waals surface area contributed by atoms with Crippen LogP contribution in [0.4, 0.5) is 0 Å². The number of fused-ring (bicyclic) bond motifs is 5. The summed E-state index contributed by atoms with van der Waals surface area (Å²) < 4.78 is 0. The van der Waals surface area contributed by atoms with Gasteiger partial charge in [-0.15, -0.1) is 0 Å². The van der Waals surface area contributed by atoms with Crippen LogP contribution in [0.5, 0.6) is 5.75 Å². The normalized spacial score (nSPS) is 29.0. The van der Waals surface area contributed by atoms with Gasteiger partial charge >= 0.3 is 11.9 Å². The molecule has 33 heavy (non-hydrogen) atoms. The number of phenols is 1. The van der Waals surface area contributed by atoms with Crippen LogP contribution >= 0.6 is 0 Å². The van der Waals surface area contributed by atoms with E-state index in [1.165, 1.54) is 16.0 Å².